The summed E-state index contributed by atoms with van der Waals surface area (Å²) in [4.78, 5) is 17.7. The minimum absolute atomic E-state index is 0.524. The van der Waals surface area contributed by atoms with Crippen LogP contribution < -0.4 is 0 Å². The van der Waals surface area contributed by atoms with Crippen molar-refractivity contribution in [1.82, 2.24) is 9.97 Å². The van der Waals surface area contributed by atoms with Gasteiger partial charge in [-0.05, 0) is 22.9 Å². The molecule has 1 aromatic heterocycles. The predicted octanol–water partition coefficient (Wildman–Crippen LogP) is 3.33. The van der Waals surface area contributed by atoms with Crippen LogP contribution in [0.3, 0.4) is 0 Å². The van der Waals surface area contributed by atoms with E-state index in [-0.39, 0.29) is 0 Å². The first-order valence-corrected chi connectivity index (χ1v) is 6.17. The Morgan fingerprint density at radius 3 is 2.75 bits per heavy atom. The number of aromatic amines is 1. The molecule has 1 heterocycles. The summed E-state index contributed by atoms with van der Waals surface area (Å²) in [5.41, 5.74) is 1.88. The number of benzene rings is 2. The highest BCUT2D eigenvalue weighted by atomic mass is 16.4. The number of carboxylic acid groups (broad SMARTS) is 1. The van der Waals surface area contributed by atoms with Gasteiger partial charge in [0.1, 0.15) is 5.82 Å². The largest absolute Gasteiger partial charge is 0.478 e. The number of nitrogens with one attached hydrogen (secondary N) is 1. The topological polar surface area (TPSA) is 66.0 Å². The van der Waals surface area contributed by atoms with Crippen LogP contribution >= 0.6 is 0 Å². The van der Waals surface area contributed by atoms with Gasteiger partial charge in [0.05, 0.1) is 11.9 Å². The normalized spacial score (nSPS) is 11.2. The van der Waals surface area contributed by atoms with Crippen LogP contribution in [0.1, 0.15) is 5.82 Å². The number of fused-ring (bicyclic) bond motifs is 1. The smallest absolute Gasteiger partial charge is 0.328 e. The van der Waals surface area contributed by atoms with E-state index in [1.165, 1.54) is 11.5 Å². The number of nitrogens with zero attached hydrogens (tertiary/aromatic N) is 1. The highest BCUT2D eigenvalue weighted by Crippen LogP contribution is 2.23. The third-order valence-corrected chi connectivity index (χ3v) is 3.04. The van der Waals surface area contributed by atoms with Crippen molar-refractivity contribution in [2.24, 2.45) is 0 Å². The predicted molar refractivity (Wildman–Crippen MR) is 78.2 cm³/mol. The second-order valence-electron chi connectivity index (χ2n) is 4.42. The van der Waals surface area contributed by atoms with Crippen LogP contribution in [-0.2, 0) is 4.79 Å². The van der Waals surface area contributed by atoms with Gasteiger partial charge >= 0.3 is 5.97 Å². The van der Waals surface area contributed by atoms with Crippen molar-refractivity contribution in [1.29, 1.82) is 0 Å². The molecular weight excluding hydrogens is 252 g/mol. The van der Waals surface area contributed by atoms with Crippen molar-refractivity contribution < 1.29 is 9.90 Å². The van der Waals surface area contributed by atoms with Crippen LogP contribution in [0.4, 0.5) is 0 Å². The van der Waals surface area contributed by atoms with Crippen LogP contribution in [0, 0.1) is 0 Å². The van der Waals surface area contributed by atoms with E-state index in [0.29, 0.717) is 5.82 Å². The zero-order valence-corrected chi connectivity index (χ0v) is 10.6. The standard InChI is InChI=1S/C16H12N2O2/c19-16(20)8-7-15-17-10-14(18-15)13-6-5-11-3-1-2-4-12(11)9-13/h1-10H,(H,17,18)(H,19,20)/b8-7+. The Morgan fingerprint density at radius 1 is 1.15 bits per heavy atom. The van der Waals surface area contributed by atoms with Gasteiger partial charge in [-0.1, -0.05) is 36.4 Å². The first kappa shape index (κ1) is 12.2. The van der Waals surface area contributed by atoms with Crippen molar-refractivity contribution in [3.8, 4) is 11.3 Å². The van der Waals surface area contributed by atoms with Crippen molar-refractivity contribution in [2.45, 2.75) is 0 Å². The zero-order valence-electron chi connectivity index (χ0n) is 10.6. The molecule has 20 heavy (non-hydrogen) atoms. The lowest BCUT2D eigenvalue weighted by molar-refractivity contribution is -0.131. The number of aromatic nitrogens is 2. The van der Waals surface area contributed by atoms with E-state index in [1.54, 1.807) is 6.20 Å². The lowest BCUT2D eigenvalue weighted by Gasteiger charge is -2.01. The average molecular weight is 264 g/mol. The first-order chi connectivity index (χ1) is 9.72. The molecule has 3 rings (SSSR count). The second-order valence-corrected chi connectivity index (χ2v) is 4.42. The minimum atomic E-state index is -0.992. The number of aliphatic carboxylic acids is 1. The highest BCUT2D eigenvalue weighted by molar-refractivity contribution is 5.87. The van der Waals surface area contributed by atoms with Gasteiger partial charge in [0, 0.05) is 11.6 Å². The van der Waals surface area contributed by atoms with Crippen molar-refractivity contribution >= 4 is 22.8 Å². The molecule has 98 valence electrons. The van der Waals surface area contributed by atoms with Gasteiger partial charge in [0.25, 0.3) is 0 Å². The third-order valence-electron chi connectivity index (χ3n) is 3.04. The summed E-state index contributed by atoms with van der Waals surface area (Å²) < 4.78 is 0. The molecule has 0 spiro atoms. The van der Waals surface area contributed by atoms with Crippen molar-refractivity contribution in [3.63, 3.8) is 0 Å². The molecule has 4 nitrogen and oxygen atoms in total. The van der Waals surface area contributed by atoms with Crippen LogP contribution in [-0.4, -0.2) is 21.0 Å². The number of hydrogen-bond acceptors (Lipinski definition) is 2. The molecule has 0 saturated heterocycles. The van der Waals surface area contributed by atoms with E-state index < -0.39 is 5.97 Å². The van der Waals surface area contributed by atoms with E-state index in [1.807, 2.05) is 18.2 Å². The van der Waals surface area contributed by atoms with Crippen LogP contribution in [0.2, 0.25) is 0 Å². The molecule has 2 aromatic carbocycles. The van der Waals surface area contributed by atoms with E-state index in [4.69, 9.17) is 5.11 Å². The van der Waals surface area contributed by atoms with E-state index >= 15 is 0 Å². The number of carbonyl (C=O) groups is 1. The molecule has 4 heteroatoms. The highest BCUT2D eigenvalue weighted by Gasteiger charge is 2.03. The van der Waals surface area contributed by atoms with Crippen LogP contribution in [0.15, 0.2) is 54.7 Å². The summed E-state index contributed by atoms with van der Waals surface area (Å²) in [5.74, 6) is -0.468. The first-order valence-electron chi connectivity index (χ1n) is 6.17. The molecule has 0 atom stereocenters. The Morgan fingerprint density at radius 2 is 1.95 bits per heavy atom. The fourth-order valence-electron chi connectivity index (χ4n) is 2.08. The fraction of sp³-hybridized carbons (Fsp3) is 0. The average Bonchev–Trinajstić information content (AvgIpc) is 2.93. The maximum atomic E-state index is 10.5. The fourth-order valence-corrected chi connectivity index (χ4v) is 2.08. The summed E-state index contributed by atoms with van der Waals surface area (Å²) in [6.07, 6.45) is 4.20. The summed E-state index contributed by atoms with van der Waals surface area (Å²) in [6.45, 7) is 0. The second kappa shape index (κ2) is 5.01. The summed E-state index contributed by atoms with van der Waals surface area (Å²) in [6, 6.07) is 14.3. The Labute approximate surface area is 115 Å². The molecule has 0 radical (unpaired) electrons. The van der Waals surface area contributed by atoms with Crippen molar-refractivity contribution in [3.05, 3.63) is 60.6 Å². The third kappa shape index (κ3) is 2.44. The van der Waals surface area contributed by atoms with E-state index in [0.717, 1.165) is 22.7 Å². The molecule has 0 unspecified atom stereocenters. The molecular formula is C16H12N2O2. The van der Waals surface area contributed by atoms with Gasteiger partial charge in [-0.15, -0.1) is 0 Å². The Balaban J connectivity index is 1.96. The molecule has 3 aromatic rings. The number of H-pyrrole nitrogens is 1. The molecule has 0 aliphatic carbocycles. The molecule has 0 saturated carbocycles. The number of carboxylic acids is 1. The van der Waals surface area contributed by atoms with E-state index in [9.17, 15) is 4.79 Å². The van der Waals surface area contributed by atoms with Gasteiger partial charge in [-0.2, -0.15) is 0 Å². The molecule has 0 bridgehead atoms. The molecule has 0 amide bonds. The van der Waals surface area contributed by atoms with Gasteiger partial charge in [0.2, 0.25) is 0 Å². The van der Waals surface area contributed by atoms with Crippen LogP contribution in [0.5, 0.6) is 0 Å². The Bertz CT molecular complexity index is 803. The summed E-state index contributed by atoms with van der Waals surface area (Å²) >= 11 is 0. The lowest BCUT2D eigenvalue weighted by atomic mass is 10.1. The molecule has 0 fully saturated rings. The van der Waals surface area contributed by atoms with Gasteiger partial charge in [-0.3, -0.25) is 0 Å². The number of rotatable bonds is 3. The van der Waals surface area contributed by atoms with Crippen molar-refractivity contribution in [2.75, 3.05) is 0 Å². The minimum Gasteiger partial charge on any atom is -0.478 e. The molecule has 2 N–H and O–H groups in total. The van der Waals surface area contributed by atoms with Gasteiger partial charge in [0.15, 0.2) is 0 Å². The lowest BCUT2D eigenvalue weighted by Crippen LogP contribution is -1.86. The maximum absolute atomic E-state index is 10.5. The number of imidazole rings is 1. The van der Waals surface area contributed by atoms with Crippen LogP contribution in [0.25, 0.3) is 28.1 Å². The SMILES string of the molecule is O=C(O)/C=C/c1ncc(-c2ccc3ccccc3c2)[nH]1. The Hall–Kier alpha value is -2.88. The Kier molecular flexibility index (Phi) is 3.05. The zero-order chi connectivity index (χ0) is 13.9. The summed E-state index contributed by atoms with van der Waals surface area (Å²) in [5, 5.41) is 10.9. The van der Waals surface area contributed by atoms with Gasteiger partial charge in [-0.25, -0.2) is 9.78 Å². The van der Waals surface area contributed by atoms with E-state index in [2.05, 4.69) is 34.2 Å². The summed E-state index contributed by atoms with van der Waals surface area (Å²) in [7, 11) is 0. The molecule has 0 aliphatic rings. The molecule has 0 aliphatic heterocycles. The monoisotopic (exact) mass is 264 g/mol. The van der Waals surface area contributed by atoms with Gasteiger partial charge < -0.3 is 10.1 Å². The maximum Gasteiger partial charge on any atom is 0.328 e. The number of hydrogen-bond donors (Lipinski definition) is 2. The quantitative estimate of drug-likeness (QED) is 0.713.